The molecule has 1 N–H and O–H groups in total. The molecule has 2 aliphatic heterocycles. The zero-order chi connectivity index (χ0) is 14.0. The molecule has 3 heteroatoms. The third kappa shape index (κ3) is 3.75. The lowest BCUT2D eigenvalue weighted by molar-refractivity contribution is 0.164. The van der Waals surface area contributed by atoms with E-state index in [1.807, 2.05) is 0 Å². The highest BCUT2D eigenvalue weighted by molar-refractivity contribution is 4.91. The number of hydrogen-bond acceptors (Lipinski definition) is 3. The monoisotopic (exact) mass is 279 g/mol. The van der Waals surface area contributed by atoms with Crippen LogP contribution in [-0.4, -0.2) is 61.2 Å². The highest BCUT2D eigenvalue weighted by atomic mass is 15.3. The molecular weight excluding hydrogens is 246 g/mol. The van der Waals surface area contributed by atoms with Crippen LogP contribution in [-0.2, 0) is 0 Å². The van der Waals surface area contributed by atoms with Crippen molar-refractivity contribution in [2.24, 2.45) is 5.41 Å². The fourth-order valence-electron chi connectivity index (χ4n) is 3.87. The van der Waals surface area contributed by atoms with E-state index < -0.39 is 0 Å². The van der Waals surface area contributed by atoms with Gasteiger partial charge in [0.25, 0.3) is 0 Å². The molecule has 1 aliphatic carbocycles. The summed E-state index contributed by atoms with van der Waals surface area (Å²) in [4.78, 5) is 5.48. The van der Waals surface area contributed by atoms with Crippen molar-refractivity contribution in [3.8, 4) is 0 Å². The predicted octanol–water partition coefficient (Wildman–Crippen LogP) is 2.32. The summed E-state index contributed by atoms with van der Waals surface area (Å²) in [6, 6.07) is 1.70. The third-order valence-corrected chi connectivity index (χ3v) is 5.76. The maximum absolute atomic E-state index is 3.75. The second kappa shape index (κ2) is 6.33. The minimum absolute atomic E-state index is 0.461. The molecule has 3 rings (SSSR count). The van der Waals surface area contributed by atoms with Crippen molar-refractivity contribution in [1.29, 1.82) is 0 Å². The summed E-state index contributed by atoms with van der Waals surface area (Å²) in [6.45, 7) is 12.7. The molecule has 20 heavy (non-hydrogen) atoms. The van der Waals surface area contributed by atoms with E-state index in [-0.39, 0.29) is 0 Å². The fourth-order valence-corrected chi connectivity index (χ4v) is 3.87. The summed E-state index contributed by atoms with van der Waals surface area (Å²) in [5.41, 5.74) is 0.461. The lowest BCUT2D eigenvalue weighted by atomic mass is 9.86. The van der Waals surface area contributed by atoms with Gasteiger partial charge in [0, 0.05) is 31.7 Å². The average molecular weight is 279 g/mol. The number of likely N-dealkylation sites (tertiary alicyclic amines) is 2. The van der Waals surface area contributed by atoms with Gasteiger partial charge in [-0.1, -0.05) is 13.8 Å². The standard InChI is InChI=1S/C17H33N3/c1-3-17(2,13-18-15-6-7-15)14-19-11-8-16(12-19)20-9-4-5-10-20/h15-16,18H,3-14H2,1-2H3. The first-order valence-corrected chi connectivity index (χ1v) is 8.88. The molecule has 0 aromatic heterocycles. The molecular formula is C17H33N3. The SMILES string of the molecule is CCC(C)(CNC1CC1)CN1CCC(N2CCCC2)C1. The highest BCUT2D eigenvalue weighted by Crippen LogP contribution is 2.28. The van der Waals surface area contributed by atoms with Gasteiger partial charge in [0.15, 0.2) is 0 Å². The normalized spacial score (nSPS) is 31.8. The number of nitrogens with one attached hydrogen (secondary N) is 1. The highest BCUT2D eigenvalue weighted by Gasteiger charge is 2.34. The molecule has 0 bridgehead atoms. The van der Waals surface area contributed by atoms with Crippen LogP contribution in [0.25, 0.3) is 0 Å². The summed E-state index contributed by atoms with van der Waals surface area (Å²) in [5, 5.41) is 3.75. The van der Waals surface area contributed by atoms with Gasteiger partial charge < -0.3 is 10.2 Å². The van der Waals surface area contributed by atoms with Gasteiger partial charge in [-0.3, -0.25) is 4.90 Å². The van der Waals surface area contributed by atoms with Crippen molar-refractivity contribution in [3.63, 3.8) is 0 Å². The van der Waals surface area contributed by atoms with E-state index in [1.54, 1.807) is 0 Å². The molecule has 2 atom stereocenters. The molecule has 2 heterocycles. The Morgan fingerprint density at radius 3 is 2.50 bits per heavy atom. The van der Waals surface area contributed by atoms with E-state index in [1.165, 1.54) is 77.8 Å². The molecule has 0 amide bonds. The lowest BCUT2D eigenvalue weighted by Crippen LogP contribution is -2.43. The van der Waals surface area contributed by atoms with E-state index >= 15 is 0 Å². The Labute approximate surface area is 125 Å². The largest absolute Gasteiger partial charge is 0.313 e. The van der Waals surface area contributed by atoms with Crippen molar-refractivity contribution in [2.75, 3.05) is 39.3 Å². The van der Waals surface area contributed by atoms with E-state index in [2.05, 4.69) is 29.0 Å². The molecule has 0 aromatic carbocycles. The smallest absolute Gasteiger partial charge is 0.0235 e. The Bertz CT molecular complexity index is 309. The fraction of sp³-hybridized carbons (Fsp3) is 1.00. The van der Waals surface area contributed by atoms with E-state index in [9.17, 15) is 0 Å². The second-order valence-corrected chi connectivity index (χ2v) is 7.74. The molecule has 2 saturated heterocycles. The van der Waals surface area contributed by atoms with E-state index in [0.29, 0.717) is 5.41 Å². The topological polar surface area (TPSA) is 18.5 Å². The molecule has 2 unspecified atom stereocenters. The second-order valence-electron chi connectivity index (χ2n) is 7.74. The summed E-state index contributed by atoms with van der Waals surface area (Å²) in [5.74, 6) is 0. The molecule has 0 spiro atoms. The average Bonchev–Trinajstić information content (AvgIpc) is 2.91. The van der Waals surface area contributed by atoms with Crippen LogP contribution >= 0.6 is 0 Å². The molecule has 0 aromatic rings. The van der Waals surface area contributed by atoms with Crippen molar-refractivity contribution < 1.29 is 0 Å². The van der Waals surface area contributed by atoms with Crippen LogP contribution in [0, 0.1) is 5.41 Å². The number of rotatable bonds is 7. The first-order valence-electron chi connectivity index (χ1n) is 8.88. The zero-order valence-corrected chi connectivity index (χ0v) is 13.5. The first kappa shape index (κ1) is 14.8. The summed E-state index contributed by atoms with van der Waals surface area (Å²) >= 11 is 0. The van der Waals surface area contributed by atoms with Gasteiger partial charge in [-0.25, -0.2) is 0 Å². The zero-order valence-electron chi connectivity index (χ0n) is 13.5. The molecule has 3 aliphatic rings. The molecule has 116 valence electrons. The van der Waals surface area contributed by atoms with Crippen LogP contribution in [0.15, 0.2) is 0 Å². The Kier molecular flexibility index (Phi) is 4.68. The van der Waals surface area contributed by atoms with Crippen molar-refractivity contribution >= 4 is 0 Å². The van der Waals surface area contributed by atoms with Crippen molar-refractivity contribution in [2.45, 2.75) is 64.5 Å². The minimum atomic E-state index is 0.461. The van der Waals surface area contributed by atoms with Gasteiger partial charge in [-0.2, -0.15) is 0 Å². The third-order valence-electron chi connectivity index (χ3n) is 5.76. The van der Waals surface area contributed by atoms with Gasteiger partial charge in [-0.05, 0) is 63.6 Å². The lowest BCUT2D eigenvalue weighted by Gasteiger charge is -2.34. The van der Waals surface area contributed by atoms with Crippen LogP contribution in [0.5, 0.6) is 0 Å². The molecule has 0 radical (unpaired) electrons. The van der Waals surface area contributed by atoms with Crippen molar-refractivity contribution in [1.82, 2.24) is 15.1 Å². The minimum Gasteiger partial charge on any atom is -0.313 e. The Morgan fingerprint density at radius 2 is 1.85 bits per heavy atom. The van der Waals surface area contributed by atoms with Gasteiger partial charge in [0.05, 0.1) is 0 Å². The van der Waals surface area contributed by atoms with E-state index in [4.69, 9.17) is 0 Å². The van der Waals surface area contributed by atoms with Crippen LogP contribution < -0.4 is 5.32 Å². The van der Waals surface area contributed by atoms with Crippen LogP contribution in [0.3, 0.4) is 0 Å². The molecule has 1 saturated carbocycles. The van der Waals surface area contributed by atoms with Crippen molar-refractivity contribution in [3.05, 3.63) is 0 Å². The summed E-state index contributed by atoms with van der Waals surface area (Å²) < 4.78 is 0. The van der Waals surface area contributed by atoms with Crippen LogP contribution in [0.4, 0.5) is 0 Å². The van der Waals surface area contributed by atoms with Gasteiger partial charge >= 0.3 is 0 Å². The first-order chi connectivity index (χ1) is 9.68. The maximum atomic E-state index is 3.75. The summed E-state index contributed by atoms with van der Waals surface area (Å²) in [7, 11) is 0. The predicted molar refractivity (Wildman–Crippen MR) is 85.1 cm³/mol. The Balaban J connectivity index is 1.45. The van der Waals surface area contributed by atoms with Crippen LogP contribution in [0.1, 0.15) is 52.4 Å². The number of nitrogens with zero attached hydrogens (tertiary/aromatic N) is 2. The molecule has 3 nitrogen and oxygen atoms in total. The number of hydrogen-bond donors (Lipinski definition) is 1. The quantitative estimate of drug-likeness (QED) is 0.771. The van der Waals surface area contributed by atoms with Gasteiger partial charge in [0.2, 0.25) is 0 Å². The Hall–Kier alpha value is -0.120. The van der Waals surface area contributed by atoms with Gasteiger partial charge in [-0.15, -0.1) is 0 Å². The van der Waals surface area contributed by atoms with Crippen LogP contribution in [0.2, 0.25) is 0 Å². The molecule has 3 fully saturated rings. The maximum Gasteiger partial charge on any atom is 0.0235 e. The van der Waals surface area contributed by atoms with E-state index in [0.717, 1.165) is 12.1 Å². The van der Waals surface area contributed by atoms with Gasteiger partial charge in [0.1, 0.15) is 0 Å². The summed E-state index contributed by atoms with van der Waals surface area (Å²) in [6.07, 6.45) is 8.34. The Morgan fingerprint density at radius 1 is 1.10 bits per heavy atom.